The van der Waals surface area contributed by atoms with E-state index >= 15 is 0 Å². The molecule has 6 amide bonds. The Hall–Kier alpha value is -7.05. The molecule has 0 bridgehead atoms. The monoisotopic (exact) mass is 1500 g/mol. The zero-order valence-electron chi connectivity index (χ0n) is 63.8. The van der Waals surface area contributed by atoms with Gasteiger partial charge in [-0.3, -0.25) is 48.1 Å². The van der Waals surface area contributed by atoms with Crippen molar-refractivity contribution in [2.75, 3.05) is 152 Å². The minimum atomic E-state index is -1.07. The summed E-state index contributed by atoms with van der Waals surface area (Å²) in [6.45, 7) is 22.2. The lowest BCUT2D eigenvalue weighted by Crippen LogP contribution is -2.58. The largest absolute Gasteiger partial charge is 0.489 e. The third-order valence-electron chi connectivity index (χ3n) is 18.6. The van der Waals surface area contributed by atoms with Crippen molar-refractivity contribution >= 4 is 53.4 Å². The van der Waals surface area contributed by atoms with Crippen LogP contribution in [0, 0.1) is 35.5 Å². The Morgan fingerprint density at radius 2 is 0.726 bits per heavy atom. The number of amides is 6. The van der Waals surface area contributed by atoms with Gasteiger partial charge in [0.1, 0.15) is 32.2 Å². The van der Waals surface area contributed by atoms with Crippen molar-refractivity contribution < 1.29 is 119 Å². The minimum absolute atomic E-state index is 0.0437. The first kappa shape index (κ1) is 89.6. The van der Waals surface area contributed by atoms with Crippen LogP contribution in [0.1, 0.15) is 94.2 Å². The lowest BCUT2D eigenvalue weighted by Gasteiger charge is -2.44. The van der Waals surface area contributed by atoms with Gasteiger partial charge < -0.3 is 108 Å². The molecule has 0 saturated carbocycles. The Kier molecular flexibility index (Phi) is 42.1. The maximum Gasteiger partial charge on any atom is 0.302 e. The van der Waals surface area contributed by atoms with Gasteiger partial charge in [0.15, 0.2) is 18.9 Å². The first-order chi connectivity index (χ1) is 50.8. The molecule has 16 atom stereocenters. The summed E-state index contributed by atoms with van der Waals surface area (Å²) in [5.41, 5.74) is 1.69. The number of esters is 3. The maximum atomic E-state index is 14.6. The number of nitrogens with one attached hydrogen (secondary N) is 6. The summed E-state index contributed by atoms with van der Waals surface area (Å²) < 4.78 is 93.0. The molecular formula is C74H117N7O25. The van der Waals surface area contributed by atoms with E-state index in [9.17, 15) is 43.2 Å². The molecule has 0 aliphatic carbocycles. The number of nitrogens with zero attached hydrogens (tertiary/aromatic N) is 1. The molecule has 3 aliphatic rings. The average molecular weight is 1500 g/mol. The third-order valence-corrected chi connectivity index (χ3v) is 18.6. The number of carbonyl (C=O) groups is 9. The first-order valence-electron chi connectivity index (χ1n) is 36.6. The second-order valence-corrected chi connectivity index (χ2v) is 26.7. The maximum absolute atomic E-state index is 14.6. The van der Waals surface area contributed by atoms with Gasteiger partial charge in [-0.15, -0.1) is 0 Å². The quantitative estimate of drug-likeness (QED) is 0.0314. The molecule has 598 valence electrons. The highest BCUT2D eigenvalue weighted by Gasteiger charge is 2.46. The SMILES string of the molecule is CC(=O)NC1C(OCCOCCOCCNC(=O)CN(CC(=O)NCCOCCOCCOC2OC(COC(C)=O)C(C)C(C)C2NC(C)=O)C(Cc2ccc(OCc3ccccc3)cc2)C(=O)NCCOCCOCCOC2OC(COC(C)=O)C(C)C(C)C2NC(C)=O)OC(COC(C)=O)C(C)C1C. The van der Waals surface area contributed by atoms with Crippen molar-refractivity contribution in [3.05, 3.63) is 65.7 Å². The van der Waals surface area contributed by atoms with Crippen LogP contribution in [0.2, 0.25) is 0 Å². The molecule has 3 fully saturated rings. The lowest BCUT2D eigenvalue weighted by molar-refractivity contribution is -0.247. The Balaban J connectivity index is 1.16. The fourth-order valence-corrected chi connectivity index (χ4v) is 12.1. The van der Waals surface area contributed by atoms with Crippen molar-refractivity contribution in [2.45, 2.75) is 157 Å². The van der Waals surface area contributed by atoms with Gasteiger partial charge in [-0.05, 0) is 65.2 Å². The average Bonchev–Trinajstić information content (AvgIpc) is 0.794. The van der Waals surface area contributed by atoms with Gasteiger partial charge in [0.05, 0.1) is 155 Å². The van der Waals surface area contributed by atoms with E-state index in [2.05, 4.69) is 31.9 Å². The van der Waals surface area contributed by atoms with Crippen molar-refractivity contribution in [1.82, 2.24) is 36.8 Å². The third kappa shape index (κ3) is 34.0. The first-order valence-corrected chi connectivity index (χ1v) is 36.6. The van der Waals surface area contributed by atoms with Crippen LogP contribution < -0.4 is 36.6 Å². The van der Waals surface area contributed by atoms with E-state index in [0.717, 1.165) is 5.56 Å². The van der Waals surface area contributed by atoms with Gasteiger partial charge in [0, 0.05) is 61.2 Å². The molecule has 5 rings (SSSR count). The number of ether oxygens (including phenoxy) is 16. The zero-order chi connectivity index (χ0) is 77.3. The molecule has 2 aromatic carbocycles. The van der Waals surface area contributed by atoms with Crippen LogP contribution >= 0.6 is 0 Å². The van der Waals surface area contributed by atoms with E-state index in [-0.39, 0.29) is 211 Å². The van der Waals surface area contributed by atoms with E-state index in [1.807, 2.05) is 84.0 Å². The van der Waals surface area contributed by atoms with Gasteiger partial charge in [0.25, 0.3) is 0 Å². The molecule has 0 radical (unpaired) electrons. The summed E-state index contributed by atoms with van der Waals surface area (Å²) in [6, 6.07) is 14.5. The van der Waals surface area contributed by atoms with Crippen molar-refractivity contribution in [2.24, 2.45) is 35.5 Å². The second-order valence-electron chi connectivity index (χ2n) is 26.7. The molecule has 6 N–H and O–H groups in total. The Labute approximate surface area is 622 Å². The standard InChI is InChI=1S/C74H117N7O25/c1-47-50(4)68(78-53(7)82)72(104-63(47)44-100-56(10)85)97-37-34-94-31-28-91-25-22-75-66(88)41-81(42-67(89)76-23-26-92-29-32-95-35-38-98-73-69(79-54(8)83)51(5)48(2)64(105-73)45-101-57(11)86)62(40-59-18-20-61(21-19-59)103-43-60-16-14-13-15-17-60)71(90)77-24-27-93-30-33-96-36-39-99-74-70(80-55(9)84)52(6)49(3)65(106-74)46-102-58(12)87/h13-21,47-52,62-65,68-70,72-74H,22-46H2,1-12H3,(H,75,88)(H,76,89)(H,77,90)(H,78,82)(H,79,83)(H,80,84). The molecule has 2 aromatic rings. The van der Waals surface area contributed by atoms with Crippen LogP contribution in [-0.4, -0.2) is 271 Å². The fourth-order valence-electron chi connectivity index (χ4n) is 12.1. The van der Waals surface area contributed by atoms with Gasteiger partial charge in [0.2, 0.25) is 35.4 Å². The van der Waals surface area contributed by atoms with E-state index in [1.165, 1.54) is 46.4 Å². The van der Waals surface area contributed by atoms with E-state index in [1.54, 1.807) is 12.1 Å². The number of rotatable bonds is 50. The summed E-state index contributed by atoms with van der Waals surface area (Å²) >= 11 is 0. The Morgan fingerprint density at radius 3 is 1.07 bits per heavy atom. The van der Waals surface area contributed by atoms with Crippen LogP contribution in [0.5, 0.6) is 5.75 Å². The van der Waals surface area contributed by atoms with Gasteiger partial charge >= 0.3 is 17.9 Å². The molecule has 0 spiro atoms. The van der Waals surface area contributed by atoms with Crippen LogP contribution in [0.15, 0.2) is 54.6 Å². The van der Waals surface area contributed by atoms with E-state index in [4.69, 9.17) is 75.8 Å². The van der Waals surface area contributed by atoms with Crippen molar-refractivity contribution in [1.29, 1.82) is 0 Å². The number of hydrogen-bond donors (Lipinski definition) is 6. The van der Waals surface area contributed by atoms with Crippen LogP contribution in [0.4, 0.5) is 0 Å². The number of benzene rings is 2. The smallest absolute Gasteiger partial charge is 0.302 e. The molecule has 3 heterocycles. The predicted octanol–water partition coefficient (Wildman–Crippen LogP) is 2.17. The molecule has 32 heteroatoms. The predicted molar refractivity (Wildman–Crippen MR) is 382 cm³/mol. The topological polar surface area (TPSA) is 377 Å². The summed E-state index contributed by atoms with van der Waals surface area (Å²) in [5, 5.41) is 17.4. The molecule has 3 aliphatic heterocycles. The summed E-state index contributed by atoms with van der Waals surface area (Å²) in [5.74, 6) is -3.22. The minimum Gasteiger partial charge on any atom is -0.489 e. The molecular weight excluding hydrogens is 1390 g/mol. The number of hydrogen-bond acceptors (Lipinski definition) is 26. The van der Waals surface area contributed by atoms with Crippen LogP contribution in [0.25, 0.3) is 0 Å². The normalized spacial score (nSPS) is 24.6. The van der Waals surface area contributed by atoms with Gasteiger partial charge in [-0.25, -0.2) is 0 Å². The molecule has 32 nitrogen and oxygen atoms in total. The zero-order valence-corrected chi connectivity index (χ0v) is 63.8. The fraction of sp³-hybridized carbons (Fsp3) is 0.716. The summed E-state index contributed by atoms with van der Waals surface area (Å²) in [4.78, 5) is 115. The highest BCUT2D eigenvalue weighted by molar-refractivity contribution is 5.86. The van der Waals surface area contributed by atoms with Crippen LogP contribution in [-0.2, 0) is 127 Å². The van der Waals surface area contributed by atoms with Gasteiger partial charge in [-0.1, -0.05) is 84.0 Å². The molecule has 16 unspecified atom stereocenters. The highest BCUT2D eigenvalue weighted by Crippen LogP contribution is 2.35. The molecule has 0 aromatic heterocycles. The van der Waals surface area contributed by atoms with E-state index in [0.29, 0.717) is 17.9 Å². The lowest BCUT2D eigenvalue weighted by atomic mass is 9.82. The second kappa shape index (κ2) is 49.8. The highest BCUT2D eigenvalue weighted by atomic mass is 16.7. The summed E-state index contributed by atoms with van der Waals surface area (Å²) in [6.07, 6.45) is -3.71. The Bertz CT molecular complexity index is 2840. The Morgan fingerprint density at radius 1 is 0.396 bits per heavy atom. The van der Waals surface area contributed by atoms with E-state index < -0.39 is 97.0 Å². The van der Waals surface area contributed by atoms with Crippen molar-refractivity contribution in [3.8, 4) is 5.75 Å². The molecule has 3 saturated heterocycles. The summed E-state index contributed by atoms with van der Waals surface area (Å²) in [7, 11) is 0. The van der Waals surface area contributed by atoms with Crippen molar-refractivity contribution in [3.63, 3.8) is 0 Å². The van der Waals surface area contributed by atoms with Gasteiger partial charge in [-0.2, -0.15) is 0 Å². The number of carbonyl (C=O) groups excluding carboxylic acids is 9. The van der Waals surface area contributed by atoms with Crippen LogP contribution in [0.3, 0.4) is 0 Å². The molecule has 106 heavy (non-hydrogen) atoms.